The van der Waals surface area contributed by atoms with Gasteiger partial charge in [0.05, 0.1) is 0 Å². The maximum atomic E-state index is 12.1. The van der Waals surface area contributed by atoms with Gasteiger partial charge in [0.15, 0.2) is 0 Å². The molecule has 0 heterocycles. The predicted octanol–water partition coefficient (Wildman–Crippen LogP) is 4.29. The van der Waals surface area contributed by atoms with Gasteiger partial charge in [-0.2, -0.15) is 0 Å². The number of carbonyl (C=O) groups excluding carboxylic acids is 1. The fourth-order valence-corrected chi connectivity index (χ4v) is 2.42. The first kappa shape index (κ1) is 13.2. The molecular weight excluding hydrogens is 196 g/mol. The standard InChI is InChI=1S/C15H24O/c1-5-6-7-8-9-14(16)13-11-10-12(2)15(13,3)4/h5,10,13H,1,6-9,11H2,2-4H3. The van der Waals surface area contributed by atoms with Crippen LogP contribution >= 0.6 is 0 Å². The van der Waals surface area contributed by atoms with Crippen LogP contribution in [0.4, 0.5) is 0 Å². The first-order valence-corrected chi connectivity index (χ1v) is 6.31. The summed E-state index contributed by atoms with van der Waals surface area (Å²) in [5, 5.41) is 0. The van der Waals surface area contributed by atoms with E-state index in [9.17, 15) is 4.79 Å². The molecule has 0 aliphatic heterocycles. The van der Waals surface area contributed by atoms with Crippen LogP contribution in [0, 0.1) is 11.3 Å². The average Bonchev–Trinajstić information content (AvgIpc) is 2.49. The van der Waals surface area contributed by atoms with Gasteiger partial charge in [-0.25, -0.2) is 0 Å². The fourth-order valence-electron chi connectivity index (χ4n) is 2.42. The van der Waals surface area contributed by atoms with E-state index in [4.69, 9.17) is 0 Å². The van der Waals surface area contributed by atoms with E-state index >= 15 is 0 Å². The summed E-state index contributed by atoms with van der Waals surface area (Å²) in [6.07, 6.45) is 8.97. The van der Waals surface area contributed by atoms with Gasteiger partial charge in [0.25, 0.3) is 0 Å². The van der Waals surface area contributed by atoms with Crippen molar-refractivity contribution in [2.24, 2.45) is 11.3 Å². The fraction of sp³-hybridized carbons (Fsp3) is 0.667. The summed E-state index contributed by atoms with van der Waals surface area (Å²) in [5.74, 6) is 0.665. The Bertz CT molecular complexity index is 297. The van der Waals surface area contributed by atoms with E-state index in [2.05, 4.69) is 33.4 Å². The highest BCUT2D eigenvalue weighted by Gasteiger charge is 2.38. The van der Waals surface area contributed by atoms with E-state index in [0.717, 1.165) is 32.1 Å². The number of ketones is 1. The Hall–Kier alpha value is -0.850. The Labute approximate surface area is 99.6 Å². The van der Waals surface area contributed by atoms with Crippen LogP contribution in [-0.4, -0.2) is 5.78 Å². The summed E-state index contributed by atoms with van der Waals surface area (Å²) in [6, 6.07) is 0. The van der Waals surface area contributed by atoms with E-state index in [0.29, 0.717) is 5.78 Å². The second-order valence-corrected chi connectivity index (χ2v) is 5.40. The van der Waals surface area contributed by atoms with Gasteiger partial charge in [-0.15, -0.1) is 6.58 Å². The molecule has 0 saturated carbocycles. The first-order chi connectivity index (χ1) is 7.50. The van der Waals surface area contributed by atoms with E-state index < -0.39 is 0 Å². The third-order valence-electron chi connectivity index (χ3n) is 4.02. The van der Waals surface area contributed by atoms with Gasteiger partial charge in [0.1, 0.15) is 5.78 Å². The molecule has 0 amide bonds. The van der Waals surface area contributed by atoms with Crippen molar-refractivity contribution in [1.29, 1.82) is 0 Å². The maximum Gasteiger partial charge on any atom is 0.137 e. The van der Waals surface area contributed by atoms with Crippen molar-refractivity contribution in [2.75, 3.05) is 0 Å². The average molecular weight is 220 g/mol. The molecule has 0 bridgehead atoms. The number of carbonyl (C=O) groups is 1. The second kappa shape index (κ2) is 5.47. The molecule has 0 aromatic carbocycles. The highest BCUT2D eigenvalue weighted by molar-refractivity contribution is 5.83. The van der Waals surface area contributed by atoms with Crippen molar-refractivity contribution in [2.45, 2.75) is 52.9 Å². The Morgan fingerprint density at radius 3 is 2.75 bits per heavy atom. The van der Waals surface area contributed by atoms with Crippen LogP contribution in [0.15, 0.2) is 24.3 Å². The van der Waals surface area contributed by atoms with Gasteiger partial charge < -0.3 is 0 Å². The smallest absolute Gasteiger partial charge is 0.137 e. The minimum absolute atomic E-state index is 0.0789. The first-order valence-electron chi connectivity index (χ1n) is 6.31. The topological polar surface area (TPSA) is 17.1 Å². The summed E-state index contributed by atoms with van der Waals surface area (Å²) in [5.41, 5.74) is 1.45. The normalized spacial score (nSPS) is 22.9. The Kier molecular flexibility index (Phi) is 4.52. The molecule has 90 valence electrons. The van der Waals surface area contributed by atoms with Crippen LogP contribution in [0.5, 0.6) is 0 Å². The van der Waals surface area contributed by atoms with Gasteiger partial charge in [0.2, 0.25) is 0 Å². The lowest BCUT2D eigenvalue weighted by atomic mass is 9.75. The van der Waals surface area contributed by atoms with Crippen LogP contribution in [0.25, 0.3) is 0 Å². The second-order valence-electron chi connectivity index (χ2n) is 5.40. The lowest BCUT2D eigenvalue weighted by Gasteiger charge is -2.28. The molecule has 0 N–H and O–H groups in total. The van der Waals surface area contributed by atoms with Crippen LogP contribution in [0.2, 0.25) is 0 Å². The highest BCUT2D eigenvalue weighted by Crippen LogP contribution is 2.43. The molecule has 1 atom stereocenters. The predicted molar refractivity (Wildman–Crippen MR) is 69.3 cm³/mol. The lowest BCUT2D eigenvalue weighted by Crippen LogP contribution is -2.27. The van der Waals surface area contributed by atoms with Crippen LogP contribution in [-0.2, 0) is 4.79 Å². The van der Waals surface area contributed by atoms with Crippen molar-refractivity contribution < 1.29 is 4.79 Å². The zero-order valence-corrected chi connectivity index (χ0v) is 10.9. The summed E-state index contributed by atoms with van der Waals surface area (Å²) < 4.78 is 0. The summed E-state index contributed by atoms with van der Waals surface area (Å²) in [4.78, 5) is 12.1. The number of hydrogen-bond donors (Lipinski definition) is 0. The molecule has 1 heteroatoms. The number of allylic oxidation sites excluding steroid dienone is 3. The lowest BCUT2D eigenvalue weighted by molar-refractivity contribution is -0.125. The van der Waals surface area contributed by atoms with Gasteiger partial charge in [-0.05, 0) is 38.0 Å². The van der Waals surface area contributed by atoms with Crippen molar-refractivity contribution in [3.8, 4) is 0 Å². The molecule has 0 spiro atoms. The van der Waals surface area contributed by atoms with Crippen LogP contribution < -0.4 is 0 Å². The Balaban J connectivity index is 2.41. The molecule has 0 aromatic rings. The summed E-state index contributed by atoms with van der Waals surface area (Å²) >= 11 is 0. The molecule has 1 nitrogen and oxygen atoms in total. The quantitative estimate of drug-likeness (QED) is 0.482. The molecule has 1 aliphatic rings. The van der Waals surface area contributed by atoms with Crippen molar-refractivity contribution in [1.82, 2.24) is 0 Å². The molecule has 0 aromatic heterocycles. The number of hydrogen-bond acceptors (Lipinski definition) is 1. The molecule has 1 aliphatic carbocycles. The Morgan fingerprint density at radius 1 is 1.56 bits per heavy atom. The van der Waals surface area contributed by atoms with Gasteiger partial charge in [0, 0.05) is 12.3 Å². The van der Waals surface area contributed by atoms with E-state index in [1.165, 1.54) is 5.57 Å². The molecule has 0 saturated heterocycles. The third-order valence-corrected chi connectivity index (χ3v) is 4.02. The van der Waals surface area contributed by atoms with E-state index in [1.807, 2.05) is 6.08 Å². The van der Waals surface area contributed by atoms with Gasteiger partial charge in [-0.3, -0.25) is 4.79 Å². The molecule has 1 unspecified atom stereocenters. The summed E-state index contributed by atoms with van der Waals surface area (Å²) in [6.45, 7) is 10.2. The van der Waals surface area contributed by atoms with E-state index in [-0.39, 0.29) is 11.3 Å². The van der Waals surface area contributed by atoms with Gasteiger partial charge in [-0.1, -0.05) is 31.6 Å². The van der Waals surface area contributed by atoms with Crippen LogP contribution in [0.3, 0.4) is 0 Å². The molecule has 0 fully saturated rings. The third kappa shape index (κ3) is 2.84. The van der Waals surface area contributed by atoms with Crippen molar-refractivity contribution in [3.63, 3.8) is 0 Å². The molecule has 1 rings (SSSR count). The molecular formula is C15H24O. The van der Waals surface area contributed by atoms with Gasteiger partial charge >= 0.3 is 0 Å². The van der Waals surface area contributed by atoms with Crippen molar-refractivity contribution >= 4 is 5.78 Å². The maximum absolute atomic E-state index is 12.1. The monoisotopic (exact) mass is 220 g/mol. The zero-order chi connectivity index (χ0) is 12.2. The number of Topliss-reactive ketones (excluding diaryl/α,β-unsaturated/α-hetero) is 1. The van der Waals surface area contributed by atoms with Crippen LogP contribution in [0.1, 0.15) is 52.9 Å². The highest BCUT2D eigenvalue weighted by atomic mass is 16.1. The summed E-state index contributed by atoms with van der Waals surface area (Å²) in [7, 11) is 0. The number of rotatable bonds is 6. The SMILES string of the molecule is C=CCCCCC(=O)C1CC=C(C)C1(C)C. The van der Waals surface area contributed by atoms with Crippen molar-refractivity contribution in [3.05, 3.63) is 24.3 Å². The molecule has 16 heavy (non-hydrogen) atoms. The zero-order valence-electron chi connectivity index (χ0n) is 10.9. The van der Waals surface area contributed by atoms with E-state index in [1.54, 1.807) is 0 Å². The molecule has 0 radical (unpaired) electrons. The Morgan fingerprint density at radius 2 is 2.25 bits per heavy atom. The minimum atomic E-state index is 0.0789. The largest absolute Gasteiger partial charge is 0.299 e. The number of unbranched alkanes of at least 4 members (excludes halogenated alkanes) is 2. The minimum Gasteiger partial charge on any atom is -0.299 e.